The van der Waals surface area contributed by atoms with Gasteiger partial charge in [0, 0.05) is 12.2 Å². The number of ether oxygens (including phenoxy) is 1. The molecule has 1 amide bonds. The summed E-state index contributed by atoms with van der Waals surface area (Å²) in [4.78, 5) is 27.1. The van der Waals surface area contributed by atoms with Gasteiger partial charge in [-0.1, -0.05) is 24.3 Å². The van der Waals surface area contributed by atoms with Gasteiger partial charge in [-0.15, -0.1) is 11.3 Å². The highest BCUT2D eigenvalue weighted by molar-refractivity contribution is 7.94. The number of hydrogen-bond donors (Lipinski definition) is 1. The van der Waals surface area contributed by atoms with Gasteiger partial charge < -0.3 is 9.64 Å². The highest BCUT2D eigenvalue weighted by Crippen LogP contribution is 2.24. The van der Waals surface area contributed by atoms with Crippen LogP contribution in [0.3, 0.4) is 0 Å². The van der Waals surface area contributed by atoms with Crippen LogP contribution in [-0.4, -0.2) is 33.4 Å². The molecule has 1 aromatic heterocycles. The zero-order chi connectivity index (χ0) is 24.7. The molecule has 0 bridgehead atoms. The number of hydrogen-bond acceptors (Lipinski definition) is 7. The lowest BCUT2D eigenvalue weighted by atomic mass is 10.1. The average Bonchev–Trinajstić information content (AvgIpc) is 3.33. The Balaban J connectivity index is 1.75. The SMILES string of the molecule is Cc1cc(C)cc(N(CCC#N)C(=O)COC(=O)c2ccccc2NS(=O)(=O)c2cccs2)c1. The number of aryl methyl sites for hydroxylation is 2. The number of benzene rings is 2. The third-order valence-electron chi connectivity index (χ3n) is 4.74. The number of nitrogens with one attached hydrogen (secondary N) is 1. The first-order chi connectivity index (χ1) is 16.2. The Morgan fingerprint density at radius 2 is 1.79 bits per heavy atom. The predicted molar refractivity (Wildman–Crippen MR) is 130 cm³/mol. The van der Waals surface area contributed by atoms with Crippen LogP contribution >= 0.6 is 11.3 Å². The van der Waals surface area contributed by atoms with E-state index in [1.807, 2.05) is 38.1 Å². The van der Waals surface area contributed by atoms with Gasteiger partial charge in [-0.2, -0.15) is 5.26 Å². The molecular formula is C24H23N3O5S2. The first-order valence-corrected chi connectivity index (χ1v) is 12.7. The number of nitriles is 1. The van der Waals surface area contributed by atoms with Crippen LogP contribution in [-0.2, 0) is 19.6 Å². The van der Waals surface area contributed by atoms with E-state index in [2.05, 4.69) is 4.72 Å². The molecule has 176 valence electrons. The van der Waals surface area contributed by atoms with Crippen molar-refractivity contribution < 1.29 is 22.7 Å². The number of carbonyl (C=O) groups excluding carboxylic acids is 2. The first-order valence-electron chi connectivity index (χ1n) is 10.3. The summed E-state index contributed by atoms with van der Waals surface area (Å²) in [6.07, 6.45) is 0.111. The van der Waals surface area contributed by atoms with Gasteiger partial charge in [0.1, 0.15) is 4.21 Å². The summed E-state index contributed by atoms with van der Waals surface area (Å²) in [7, 11) is -3.87. The molecule has 0 unspecified atom stereocenters. The third kappa shape index (κ3) is 6.21. The third-order valence-corrected chi connectivity index (χ3v) is 7.51. The normalized spacial score (nSPS) is 10.9. The van der Waals surface area contributed by atoms with Gasteiger partial charge in [-0.3, -0.25) is 9.52 Å². The van der Waals surface area contributed by atoms with Crippen molar-refractivity contribution in [2.75, 3.05) is 22.8 Å². The van der Waals surface area contributed by atoms with Crippen LogP contribution < -0.4 is 9.62 Å². The van der Waals surface area contributed by atoms with Crippen LogP contribution in [0.25, 0.3) is 0 Å². The monoisotopic (exact) mass is 497 g/mol. The number of thiophene rings is 1. The average molecular weight is 498 g/mol. The van der Waals surface area contributed by atoms with E-state index in [1.54, 1.807) is 23.6 Å². The van der Waals surface area contributed by atoms with E-state index < -0.39 is 28.5 Å². The molecule has 0 aliphatic heterocycles. The predicted octanol–water partition coefficient (Wildman–Crippen LogP) is 4.27. The zero-order valence-corrected chi connectivity index (χ0v) is 20.3. The van der Waals surface area contributed by atoms with E-state index in [1.165, 1.54) is 23.1 Å². The first kappa shape index (κ1) is 25.0. The summed E-state index contributed by atoms with van der Waals surface area (Å²) in [6.45, 7) is 3.38. The second-order valence-corrected chi connectivity index (χ2v) is 10.3. The van der Waals surface area contributed by atoms with Crippen molar-refractivity contribution in [2.24, 2.45) is 0 Å². The summed E-state index contributed by atoms with van der Waals surface area (Å²) in [5.41, 5.74) is 2.54. The van der Waals surface area contributed by atoms with Gasteiger partial charge in [0.15, 0.2) is 6.61 Å². The van der Waals surface area contributed by atoms with E-state index in [0.717, 1.165) is 22.5 Å². The Morgan fingerprint density at radius 1 is 1.09 bits per heavy atom. The smallest absolute Gasteiger partial charge is 0.340 e. The molecule has 0 saturated heterocycles. The molecule has 3 rings (SSSR count). The summed E-state index contributed by atoms with van der Waals surface area (Å²) in [6, 6.07) is 16.7. The standard InChI is InChI=1S/C24H23N3O5S2/c1-17-13-18(2)15-19(14-17)27(11-6-10-25)22(28)16-32-24(29)20-7-3-4-8-21(20)26-34(30,31)23-9-5-12-33-23/h3-5,7-9,12-15,26H,6,11,16H2,1-2H3. The van der Waals surface area contributed by atoms with Crippen LogP contribution in [0.5, 0.6) is 0 Å². The maximum atomic E-state index is 12.9. The largest absolute Gasteiger partial charge is 0.452 e. The second-order valence-electron chi connectivity index (χ2n) is 7.46. The van der Waals surface area contributed by atoms with Crippen molar-refractivity contribution in [3.8, 4) is 6.07 Å². The Kier molecular flexibility index (Phi) is 8.04. The number of amides is 1. The Bertz CT molecular complexity index is 1310. The molecule has 1 heterocycles. The molecule has 0 spiro atoms. The number of sulfonamides is 1. The fraction of sp³-hybridized carbons (Fsp3) is 0.208. The molecule has 0 atom stereocenters. The van der Waals surface area contributed by atoms with Crippen molar-refractivity contribution >= 4 is 44.6 Å². The fourth-order valence-corrected chi connectivity index (χ4v) is 5.38. The molecule has 0 aliphatic carbocycles. The molecule has 10 heteroatoms. The van der Waals surface area contributed by atoms with Crippen molar-refractivity contribution in [1.82, 2.24) is 0 Å². The lowest BCUT2D eigenvalue weighted by Gasteiger charge is -2.23. The summed E-state index contributed by atoms with van der Waals surface area (Å²) < 4.78 is 32.9. The minimum Gasteiger partial charge on any atom is -0.452 e. The number of carbonyl (C=O) groups is 2. The molecule has 0 fully saturated rings. The van der Waals surface area contributed by atoms with E-state index in [4.69, 9.17) is 10.00 Å². The molecule has 0 radical (unpaired) electrons. The molecule has 1 N–H and O–H groups in total. The quantitative estimate of drug-likeness (QED) is 0.441. The molecule has 3 aromatic rings. The molecule has 8 nitrogen and oxygen atoms in total. The Morgan fingerprint density at radius 3 is 2.44 bits per heavy atom. The van der Waals surface area contributed by atoms with Crippen LogP contribution in [0.4, 0.5) is 11.4 Å². The van der Waals surface area contributed by atoms with Crippen molar-refractivity contribution in [3.63, 3.8) is 0 Å². The van der Waals surface area contributed by atoms with Crippen LogP contribution in [0, 0.1) is 25.2 Å². The minimum absolute atomic E-state index is 0.0228. The van der Waals surface area contributed by atoms with Crippen LogP contribution in [0.15, 0.2) is 64.2 Å². The summed E-state index contributed by atoms with van der Waals surface area (Å²) in [5.74, 6) is -1.34. The highest BCUT2D eigenvalue weighted by atomic mass is 32.2. The van der Waals surface area contributed by atoms with Crippen molar-refractivity contribution in [2.45, 2.75) is 24.5 Å². The highest BCUT2D eigenvalue weighted by Gasteiger charge is 2.22. The Hall–Kier alpha value is -3.68. The minimum atomic E-state index is -3.87. The second kappa shape index (κ2) is 11.0. The maximum Gasteiger partial charge on any atom is 0.340 e. The van der Waals surface area contributed by atoms with Gasteiger partial charge in [-0.05, 0) is 60.7 Å². The number of para-hydroxylation sites is 1. The molecule has 34 heavy (non-hydrogen) atoms. The maximum absolute atomic E-state index is 12.9. The van der Waals surface area contributed by atoms with Crippen molar-refractivity contribution in [3.05, 3.63) is 76.7 Å². The van der Waals surface area contributed by atoms with E-state index >= 15 is 0 Å². The fourth-order valence-electron chi connectivity index (χ4n) is 3.31. The molecule has 0 aliphatic rings. The van der Waals surface area contributed by atoms with Gasteiger partial charge >= 0.3 is 5.97 Å². The van der Waals surface area contributed by atoms with E-state index in [9.17, 15) is 18.0 Å². The number of anilines is 2. The van der Waals surface area contributed by atoms with Crippen molar-refractivity contribution in [1.29, 1.82) is 5.26 Å². The lowest BCUT2D eigenvalue weighted by molar-refractivity contribution is -0.121. The van der Waals surface area contributed by atoms with E-state index in [-0.39, 0.29) is 28.4 Å². The number of rotatable bonds is 9. The summed E-state index contributed by atoms with van der Waals surface area (Å²) in [5, 5.41) is 10.6. The van der Waals surface area contributed by atoms with Gasteiger partial charge in [-0.25, -0.2) is 13.2 Å². The molecular weight excluding hydrogens is 474 g/mol. The molecule has 0 saturated carbocycles. The lowest BCUT2D eigenvalue weighted by Crippen LogP contribution is -2.35. The van der Waals surface area contributed by atoms with Crippen LogP contribution in [0.2, 0.25) is 0 Å². The summed E-state index contributed by atoms with van der Waals surface area (Å²) >= 11 is 1.05. The van der Waals surface area contributed by atoms with Gasteiger partial charge in [0.2, 0.25) is 0 Å². The Labute approximate surface area is 202 Å². The van der Waals surface area contributed by atoms with Gasteiger partial charge in [0.25, 0.3) is 15.9 Å². The topological polar surface area (TPSA) is 117 Å². The number of nitrogens with zero attached hydrogens (tertiary/aromatic N) is 2. The zero-order valence-electron chi connectivity index (χ0n) is 18.6. The van der Waals surface area contributed by atoms with Crippen LogP contribution in [0.1, 0.15) is 27.9 Å². The van der Waals surface area contributed by atoms with E-state index in [0.29, 0.717) is 5.69 Å². The number of esters is 1. The molecule has 2 aromatic carbocycles. The van der Waals surface area contributed by atoms with Gasteiger partial charge in [0.05, 0.1) is 23.7 Å².